The number of benzene rings is 2. The quantitative estimate of drug-likeness (QED) is 0.630. The fraction of sp³-hybridized carbons (Fsp3) is 0.222. The molecule has 0 bridgehead atoms. The summed E-state index contributed by atoms with van der Waals surface area (Å²) in [5, 5.41) is 0. The molecule has 0 amide bonds. The molecule has 0 atom stereocenters. The third-order valence-corrected chi connectivity index (χ3v) is 4.21. The van der Waals surface area contributed by atoms with Gasteiger partial charge < -0.3 is 14.4 Å². The van der Waals surface area contributed by atoms with Gasteiger partial charge in [0.1, 0.15) is 0 Å². The molecule has 2 aliphatic heterocycles. The summed E-state index contributed by atoms with van der Waals surface area (Å²) in [6.07, 6.45) is 0. The number of cyclic esters (lactones) is 2. The molecule has 0 aromatic heterocycles. The fourth-order valence-electron chi connectivity index (χ4n) is 3.12. The number of hydrogen-bond donors (Lipinski definition) is 0. The van der Waals surface area contributed by atoms with Gasteiger partial charge in [0.05, 0.1) is 30.0 Å². The highest BCUT2D eigenvalue weighted by Crippen LogP contribution is 2.37. The first-order chi connectivity index (χ1) is 11.3. The third kappa shape index (κ3) is 2.29. The van der Waals surface area contributed by atoms with Crippen molar-refractivity contribution in [3.8, 4) is 11.1 Å². The summed E-state index contributed by atoms with van der Waals surface area (Å²) >= 11 is 0. The van der Waals surface area contributed by atoms with E-state index in [-0.39, 0.29) is 0 Å². The van der Waals surface area contributed by atoms with Gasteiger partial charge in [-0.05, 0) is 17.2 Å². The van der Waals surface area contributed by atoms with Gasteiger partial charge in [-0.3, -0.25) is 0 Å². The van der Waals surface area contributed by atoms with Gasteiger partial charge in [0, 0.05) is 13.1 Å². The Labute approximate surface area is 133 Å². The monoisotopic (exact) mass is 309 g/mol. The van der Waals surface area contributed by atoms with Gasteiger partial charge in [-0.15, -0.1) is 0 Å². The Bertz CT molecular complexity index is 779. The standard InChI is InChI=1S/C18H15NO4/c20-17-15-13(12-4-2-1-3-5-12)6-7-14(16(15)18(21)23-17)19-8-10-22-11-9-19/h1-7H,8-11H2. The van der Waals surface area contributed by atoms with Crippen LogP contribution in [0.15, 0.2) is 42.5 Å². The van der Waals surface area contributed by atoms with Crippen molar-refractivity contribution in [3.63, 3.8) is 0 Å². The Morgan fingerprint density at radius 2 is 1.52 bits per heavy atom. The van der Waals surface area contributed by atoms with Crippen molar-refractivity contribution < 1.29 is 19.1 Å². The molecule has 4 rings (SSSR count). The highest BCUT2D eigenvalue weighted by atomic mass is 16.6. The lowest BCUT2D eigenvalue weighted by Gasteiger charge is -2.30. The lowest BCUT2D eigenvalue weighted by molar-refractivity contribution is 0.0444. The van der Waals surface area contributed by atoms with E-state index < -0.39 is 11.9 Å². The number of fused-ring (bicyclic) bond motifs is 1. The molecule has 0 aliphatic carbocycles. The molecular formula is C18H15NO4. The first kappa shape index (κ1) is 14.0. The summed E-state index contributed by atoms with van der Waals surface area (Å²) in [5.74, 6) is -1.14. The van der Waals surface area contributed by atoms with E-state index in [9.17, 15) is 9.59 Å². The highest BCUT2D eigenvalue weighted by molar-refractivity contribution is 6.20. The average Bonchev–Trinajstić information content (AvgIpc) is 2.91. The molecule has 0 unspecified atom stereocenters. The summed E-state index contributed by atoms with van der Waals surface area (Å²) in [6, 6.07) is 13.3. The van der Waals surface area contributed by atoms with Gasteiger partial charge >= 0.3 is 11.9 Å². The van der Waals surface area contributed by atoms with E-state index in [4.69, 9.17) is 9.47 Å². The van der Waals surface area contributed by atoms with Crippen LogP contribution in [0.5, 0.6) is 0 Å². The molecule has 0 N–H and O–H groups in total. The van der Waals surface area contributed by atoms with Crippen LogP contribution < -0.4 is 4.90 Å². The number of rotatable bonds is 2. The minimum atomic E-state index is -0.570. The Hall–Kier alpha value is -2.66. The van der Waals surface area contributed by atoms with Crippen molar-refractivity contribution >= 4 is 17.6 Å². The third-order valence-electron chi connectivity index (χ3n) is 4.21. The van der Waals surface area contributed by atoms with Crippen LogP contribution in [0.25, 0.3) is 11.1 Å². The molecule has 2 aliphatic rings. The second-order valence-corrected chi connectivity index (χ2v) is 5.52. The van der Waals surface area contributed by atoms with Gasteiger partial charge in [0.25, 0.3) is 0 Å². The zero-order valence-electron chi connectivity index (χ0n) is 12.5. The number of hydrogen-bond acceptors (Lipinski definition) is 5. The van der Waals surface area contributed by atoms with Gasteiger partial charge in [-0.25, -0.2) is 9.59 Å². The number of esters is 2. The molecule has 2 aromatic rings. The van der Waals surface area contributed by atoms with E-state index in [0.717, 1.165) is 16.8 Å². The van der Waals surface area contributed by atoms with Crippen LogP contribution in [-0.2, 0) is 9.47 Å². The Kier molecular flexibility index (Phi) is 3.35. The summed E-state index contributed by atoms with van der Waals surface area (Å²) in [4.78, 5) is 26.5. The van der Waals surface area contributed by atoms with E-state index in [2.05, 4.69) is 4.90 Å². The predicted octanol–water partition coefficient (Wildman–Crippen LogP) is 2.50. The van der Waals surface area contributed by atoms with Crippen LogP contribution in [-0.4, -0.2) is 38.2 Å². The van der Waals surface area contributed by atoms with Crippen LogP contribution in [0.3, 0.4) is 0 Å². The average molecular weight is 309 g/mol. The number of carbonyl (C=O) groups is 2. The van der Waals surface area contributed by atoms with Crippen molar-refractivity contribution in [2.75, 3.05) is 31.2 Å². The summed E-state index contributed by atoms with van der Waals surface area (Å²) in [5.41, 5.74) is 3.11. The first-order valence-electron chi connectivity index (χ1n) is 7.57. The lowest BCUT2D eigenvalue weighted by atomic mass is 9.95. The molecule has 116 valence electrons. The second kappa shape index (κ2) is 5.52. The van der Waals surface area contributed by atoms with E-state index >= 15 is 0 Å². The molecule has 1 saturated heterocycles. The highest BCUT2D eigenvalue weighted by Gasteiger charge is 2.36. The van der Waals surface area contributed by atoms with Crippen LogP contribution in [0.2, 0.25) is 0 Å². The van der Waals surface area contributed by atoms with Crippen LogP contribution in [0.4, 0.5) is 5.69 Å². The van der Waals surface area contributed by atoms with E-state index in [0.29, 0.717) is 37.4 Å². The molecule has 23 heavy (non-hydrogen) atoms. The van der Waals surface area contributed by atoms with Gasteiger partial charge in [0.2, 0.25) is 0 Å². The number of nitrogens with zero attached hydrogens (tertiary/aromatic N) is 1. The lowest BCUT2D eigenvalue weighted by Crippen LogP contribution is -2.37. The number of ether oxygens (including phenoxy) is 2. The number of morpholine rings is 1. The van der Waals surface area contributed by atoms with Crippen LogP contribution in [0, 0.1) is 0 Å². The van der Waals surface area contributed by atoms with Crippen LogP contribution >= 0.6 is 0 Å². The summed E-state index contributed by atoms with van der Waals surface area (Å²) in [6.45, 7) is 2.60. The smallest absolute Gasteiger partial charge is 0.349 e. The summed E-state index contributed by atoms with van der Waals surface area (Å²) in [7, 11) is 0. The Balaban J connectivity index is 1.89. The maximum atomic E-state index is 12.2. The van der Waals surface area contributed by atoms with Crippen molar-refractivity contribution in [2.45, 2.75) is 0 Å². The van der Waals surface area contributed by atoms with Crippen molar-refractivity contribution in [2.24, 2.45) is 0 Å². The number of anilines is 1. The normalized spacial score (nSPS) is 17.1. The molecule has 0 radical (unpaired) electrons. The number of carbonyl (C=O) groups excluding carboxylic acids is 2. The molecule has 2 aromatic carbocycles. The maximum Gasteiger partial charge on any atom is 0.349 e. The molecule has 2 heterocycles. The van der Waals surface area contributed by atoms with Crippen molar-refractivity contribution in [1.82, 2.24) is 0 Å². The van der Waals surface area contributed by atoms with E-state index in [1.165, 1.54) is 0 Å². The van der Waals surface area contributed by atoms with Gasteiger partial charge in [0.15, 0.2) is 0 Å². The van der Waals surface area contributed by atoms with Gasteiger partial charge in [-0.1, -0.05) is 36.4 Å². The van der Waals surface area contributed by atoms with Crippen molar-refractivity contribution in [1.29, 1.82) is 0 Å². The Morgan fingerprint density at radius 1 is 0.826 bits per heavy atom. The fourth-order valence-corrected chi connectivity index (χ4v) is 3.12. The molecule has 0 saturated carbocycles. The molecular weight excluding hydrogens is 294 g/mol. The van der Waals surface area contributed by atoms with Crippen molar-refractivity contribution in [3.05, 3.63) is 53.6 Å². The largest absolute Gasteiger partial charge is 0.386 e. The van der Waals surface area contributed by atoms with E-state index in [1.54, 1.807) is 0 Å². The maximum absolute atomic E-state index is 12.2. The zero-order valence-corrected chi connectivity index (χ0v) is 12.5. The molecule has 5 heteroatoms. The zero-order chi connectivity index (χ0) is 15.8. The molecule has 5 nitrogen and oxygen atoms in total. The minimum absolute atomic E-state index is 0.366. The van der Waals surface area contributed by atoms with Gasteiger partial charge in [-0.2, -0.15) is 0 Å². The minimum Gasteiger partial charge on any atom is -0.386 e. The Morgan fingerprint density at radius 3 is 2.26 bits per heavy atom. The summed E-state index contributed by atoms with van der Waals surface area (Å²) < 4.78 is 10.2. The molecule has 0 spiro atoms. The van der Waals surface area contributed by atoms with E-state index in [1.807, 2.05) is 42.5 Å². The SMILES string of the molecule is O=C1OC(=O)c2c(N3CCOCC3)ccc(-c3ccccc3)c21. The predicted molar refractivity (Wildman–Crippen MR) is 84.7 cm³/mol. The molecule has 1 fully saturated rings. The topological polar surface area (TPSA) is 55.8 Å². The van der Waals surface area contributed by atoms with Crippen LogP contribution in [0.1, 0.15) is 20.7 Å². The first-order valence-corrected chi connectivity index (χ1v) is 7.57. The second-order valence-electron chi connectivity index (χ2n) is 5.52.